The SMILES string of the molecule is CCCNCC(=O)N(Cc1ccccc1)CC(F)(F)F. The Bertz CT molecular complexity index is 407. The molecule has 0 bridgehead atoms. The van der Waals surface area contributed by atoms with Crippen LogP contribution in [0.15, 0.2) is 30.3 Å². The summed E-state index contributed by atoms with van der Waals surface area (Å²) in [6, 6.07) is 8.66. The first kappa shape index (κ1) is 16.5. The second-order valence-electron chi connectivity index (χ2n) is 4.53. The summed E-state index contributed by atoms with van der Waals surface area (Å²) >= 11 is 0. The van der Waals surface area contributed by atoms with E-state index < -0.39 is 18.6 Å². The molecule has 0 aliphatic carbocycles. The zero-order valence-corrected chi connectivity index (χ0v) is 11.4. The van der Waals surface area contributed by atoms with Gasteiger partial charge in [-0.25, -0.2) is 0 Å². The number of carbonyl (C=O) groups is 1. The van der Waals surface area contributed by atoms with Crippen LogP contribution in [0, 0.1) is 0 Å². The summed E-state index contributed by atoms with van der Waals surface area (Å²) < 4.78 is 37.6. The summed E-state index contributed by atoms with van der Waals surface area (Å²) in [7, 11) is 0. The van der Waals surface area contributed by atoms with E-state index in [0.717, 1.165) is 11.3 Å². The molecule has 0 aliphatic rings. The molecule has 1 amide bonds. The predicted molar refractivity (Wildman–Crippen MR) is 71.1 cm³/mol. The normalized spacial score (nSPS) is 11.4. The van der Waals surface area contributed by atoms with Gasteiger partial charge in [-0.05, 0) is 18.5 Å². The number of hydrogen-bond donors (Lipinski definition) is 1. The number of halogens is 3. The molecule has 0 atom stereocenters. The van der Waals surface area contributed by atoms with Crippen molar-refractivity contribution in [2.75, 3.05) is 19.6 Å². The molecular weight excluding hydrogens is 269 g/mol. The second kappa shape index (κ2) is 7.89. The van der Waals surface area contributed by atoms with Crippen LogP contribution < -0.4 is 5.32 Å². The lowest BCUT2D eigenvalue weighted by Crippen LogP contribution is -2.43. The fourth-order valence-corrected chi connectivity index (χ4v) is 1.74. The van der Waals surface area contributed by atoms with E-state index >= 15 is 0 Å². The monoisotopic (exact) mass is 288 g/mol. The Labute approximate surface area is 116 Å². The van der Waals surface area contributed by atoms with Gasteiger partial charge >= 0.3 is 6.18 Å². The molecule has 112 valence electrons. The molecule has 0 saturated heterocycles. The number of hydrogen-bond acceptors (Lipinski definition) is 2. The number of rotatable bonds is 7. The molecule has 1 aromatic carbocycles. The first-order valence-corrected chi connectivity index (χ1v) is 6.51. The molecule has 0 fully saturated rings. The Hall–Kier alpha value is -1.56. The van der Waals surface area contributed by atoms with Gasteiger partial charge in [-0.15, -0.1) is 0 Å². The highest BCUT2D eigenvalue weighted by molar-refractivity contribution is 5.78. The van der Waals surface area contributed by atoms with Gasteiger partial charge in [-0.3, -0.25) is 4.79 Å². The minimum atomic E-state index is -4.39. The van der Waals surface area contributed by atoms with Gasteiger partial charge in [0.05, 0.1) is 6.54 Å². The molecule has 1 aromatic rings. The van der Waals surface area contributed by atoms with Crippen LogP contribution in [0.5, 0.6) is 0 Å². The summed E-state index contributed by atoms with van der Waals surface area (Å²) in [5.41, 5.74) is 0.681. The van der Waals surface area contributed by atoms with E-state index in [1.54, 1.807) is 30.3 Å². The van der Waals surface area contributed by atoms with Gasteiger partial charge in [0, 0.05) is 6.54 Å². The molecule has 3 nitrogen and oxygen atoms in total. The first-order chi connectivity index (χ1) is 9.42. The van der Waals surface area contributed by atoms with Crippen molar-refractivity contribution < 1.29 is 18.0 Å². The largest absolute Gasteiger partial charge is 0.406 e. The number of amides is 1. The molecule has 0 aromatic heterocycles. The van der Waals surface area contributed by atoms with Crippen LogP contribution in [0.1, 0.15) is 18.9 Å². The van der Waals surface area contributed by atoms with Crippen molar-refractivity contribution in [3.05, 3.63) is 35.9 Å². The Morgan fingerprint density at radius 3 is 2.45 bits per heavy atom. The Morgan fingerprint density at radius 1 is 1.25 bits per heavy atom. The van der Waals surface area contributed by atoms with Crippen molar-refractivity contribution in [1.82, 2.24) is 10.2 Å². The molecule has 1 rings (SSSR count). The van der Waals surface area contributed by atoms with E-state index in [2.05, 4.69) is 5.32 Å². The third-order valence-electron chi connectivity index (χ3n) is 2.64. The van der Waals surface area contributed by atoms with Gasteiger partial charge in [-0.1, -0.05) is 37.3 Å². The van der Waals surface area contributed by atoms with E-state index in [4.69, 9.17) is 0 Å². The van der Waals surface area contributed by atoms with Gasteiger partial charge < -0.3 is 10.2 Å². The standard InChI is InChI=1S/C14H19F3N2O/c1-2-8-18-9-13(20)19(11-14(15,16)17)10-12-6-4-3-5-7-12/h3-7,18H,2,8-11H2,1H3. The highest BCUT2D eigenvalue weighted by atomic mass is 19.4. The molecule has 20 heavy (non-hydrogen) atoms. The zero-order chi connectivity index (χ0) is 15.0. The Kier molecular flexibility index (Phi) is 6.51. The van der Waals surface area contributed by atoms with E-state index in [9.17, 15) is 18.0 Å². The van der Waals surface area contributed by atoms with Crippen molar-refractivity contribution in [2.45, 2.75) is 26.1 Å². The summed E-state index contributed by atoms with van der Waals surface area (Å²) in [5.74, 6) is -0.542. The lowest BCUT2D eigenvalue weighted by molar-refractivity contribution is -0.161. The minimum Gasteiger partial charge on any atom is -0.328 e. The summed E-state index contributed by atoms with van der Waals surface area (Å²) in [6.07, 6.45) is -3.57. The molecule has 0 spiro atoms. The molecule has 0 unspecified atom stereocenters. The number of benzene rings is 1. The second-order valence-corrected chi connectivity index (χ2v) is 4.53. The van der Waals surface area contributed by atoms with Gasteiger partial charge in [-0.2, -0.15) is 13.2 Å². The summed E-state index contributed by atoms with van der Waals surface area (Å²) in [4.78, 5) is 12.7. The first-order valence-electron chi connectivity index (χ1n) is 6.51. The van der Waals surface area contributed by atoms with Crippen LogP contribution in [-0.4, -0.2) is 36.6 Å². The van der Waals surface area contributed by atoms with Gasteiger partial charge in [0.1, 0.15) is 6.54 Å². The number of alkyl halides is 3. The van der Waals surface area contributed by atoms with E-state index in [-0.39, 0.29) is 13.1 Å². The average molecular weight is 288 g/mol. The maximum absolute atomic E-state index is 12.5. The molecule has 1 N–H and O–H groups in total. The summed E-state index contributed by atoms with van der Waals surface area (Å²) in [6.45, 7) is 1.20. The minimum absolute atomic E-state index is 0.0347. The quantitative estimate of drug-likeness (QED) is 0.782. The number of nitrogens with one attached hydrogen (secondary N) is 1. The number of carbonyl (C=O) groups excluding carboxylic acids is 1. The topological polar surface area (TPSA) is 32.3 Å². The number of nitrogens with zero attached hydrogens (tertiary/aromatic N) is 1. The fourth-order valence-electron chi connectivity index (χ4n) is 1.74. The predicted octanol–water partition coefficient (Wildman–Crippen LogP) is 2.58. The maximum Gasteiger partial charge on any atom is 0.406 e. The van der Waals surface area contributed by atoms with Gasteiger partial charge in [0.25, 0.3) is 0 Å². The third kappa shape index (κ3) is 6.56. The van der Waals surface area contributed by atoms with Crippen molar-refractivity contribution in [2.24, 2.45) is 0 Å². The van der Waals surface area contributed by atoms with Crippen molar-refractivity contribution in [3.63, 3.8) is 0 Å². The third-order valence-corrected chi connectivity index (χ3v) is 2.64. The van der Waals surface area contributed by atoms with Crippen molar-refractivity contribution in [3.8, 4) is 0 Å². The van der Waals surface area contributed by atoms with Crippen LogP contribution in [0.25, 0.3) is 0 Å². The van der Waals surface area contributed by atoms with Crippen LogP contribution in [-0.2, 0) is 11.3 Å². The smallest absolute Gasteiger partial charge is 0.328 e. The van der Waals surface area contributed by atoms with Crippen LogP contribution in [0.4, 0.5) is 13.2 Å². The van der Waals surface area contributed by atoms with Crippen molar-refractivity contribution >= 4 is 5.91 Å². The van der Waals surface area contributed by atoms with Gasteiger partial charge in [0.15, 0.2) is 0 Å². The highest BCUT2D eigenvalue weighted by Crippen LogP contribution is 2.18. The van der Waals surface area contributed by atoms with Gasteiger partial charge in [0.2, 0.25) is 5.91 Å². The lowest BCUT2D eigenvalue weighted by Gasteiger charge is -2.24. The maximum atomic E-state index is 12.5. The zero-order valence-electron chi connectivity index (χ0n) is 11.4. The van der Waals surface area contributed by atoms with Crippen molar-refractivity contribution in [1.29, 1.82) is 0 Å². The Balaban J connectivity index is 2.67. The molecule has 0 radical (unpaired) electrons. The molecule has 0 aliphatic heterocycles. The lowest BCUT2D eigenvalue weighted by atomic mass is 10.2. The molecule has 6 heteroatoms. The van der Waals surface area contributed by atoms with E-state index in [0.29, 0.717) is 12.1 Å². The average Bonchev–Trinajstić information content (AvgIpc) is 2.38. The molecular formula is C14H19F3N2O. The van der Waals surface area contributed by atoms with E-state index in [1.165, 1.54) is 0 Å². The fraction of sp³-hybridized carbons (Fsp3) is 0.500. The van der Waals surface area contributed by atoms with Crippen LogP contribution >= 0.6 is 0 Å². The molecule has 0 heterocycles. The van der Waals surface area contributed by atoms with E-state index in [1.807, 2.05) is 6.92 Å². The van der Waals surface area contributed by atoms with Crippen LogP contribution in [0.3, 0.4) is 0 Å². The Morgan fingerprint density at radius 2 is 1.90 bits per heavy atom. The van der Waals surface area contributed by atoms with Crippen LogP contribution in [0.2, 0.25) is 0 Å². The summed E-state index contributed by atoms with van der Waals surface area (Å²) in [5, 5.41) is 2.83. The molecule has 0 saturated carbocycles. The highest BCUT2D eigenvalue weighted by Gasteiger charge is 2.32.